The van der Waals surface area contributed by atoms with Crippen molar-refractivity contribution in [3.8, 4) is 0 Å². The molecule has 2 rings (SSSR count). The molecule has 0 amide bonds. The summed E-state index contributed by atoms with van der Waals surface area (Å²) in [7, 11) is 0. The lowest BCUT2D eigenvalue weighted by atomic mass is 9.95. The standard InChI is InChI=1S/C17H16ClF3/c1-3-10(2)11-4-6-12(7-5-11)15(18)13-8-9-14(19)17(21)16(13)20/h4-10,15H,3H2,1-2H3. The van der Waals surface area contributed by atoms with Crippen LogP contribution in [0.15, 0.2) is 36.4 Å². The molecule has 0 heterocycles. The maximum Gasteiger partial charge on any atom is 0.194 e. The van der Waals surface area contributed by atoms with Crippen molar-refractivity contribution in [2.24, 2.45) is 0 Å². The van der Waals surface area contributed by atoms with E-state index < -0.39 is 22.8 Å². The molecule has 2 aromatic rings. The van der Waals surface area contributed by atoms with Gasteiger partial charge in [-0.1, -0.05) is 44.2 Å². The molecule has 0 N–H and O–H groups in total. The number of rotatable bonds is 4. The van der Waals surface area contributed by atoms with Gasteiger partial charge in [0.2, 0.25) is 0 Å². The number of hydrogen-bond donors (Lipinski definition) is 0. The summed E-state index contributed by atoms with van der Waals surface area (Å²) in [4.78, 5) is 0. The summed E-state index contributed by atoms with van der Waals surface area (Å²) in [5.74, 6) is -3.52. The molecule has 0 fully saturated rings. The predicted octanol–water partition coefficient (Wildman–Crippen LogP) is 5.95. The Hall–Kier alpha value is -1.48. The van der Waals surface area contributed by atoms with E-state index in [4.69, 9.17) is 11.6 Å². The van der Waals surface area contributed by atoms with Gasteiger partial charge in [0.25, 0.3) is 0 Å². The number of hydrogen-bond acceptors (Lipinski definition) is 0. The lowest BCUT2D eigenvalue weighted by Gasteiger charge is -2.14. The summed E-state index contributed by atoms with van der Waals surface area (Å²) in [5, 5.41) is -0.855. The Bertz CT molecular complexity index is 623. The van der Waals surface area contributed by atoms with Crippen molar-refractivity contribution in [3.63, 3.8) is 0 Å². The van der Waals surface area contributed by atoms with Gasteiger partial charge in [-0.15, -0.1) is 11.6 Å². The van der Waals surface area contributed by atoms with Crippen molar-refractivity contribution >= 4 is 11.6 Å². The zero-order valence-electron chi connectivity index (χ0n) is 11.8. The van der Waals surface area contributed by atoms with Crippen LogP contribution in [0.5, 0.6) is 0 Å². The SMILES string of the molecule is CCC(C)c1ccc(C(Cl)c2ccc(F)c(F)c2F)cc1. The Balaban J connectivity index is 2.32. The van der Waals surface area contributed by atoms with Gasteiger partial charge in [-0.3, -0.25) is 0 Å². The van der Waals surface area contributed by atoms with E-state index in [-0.39, 0.29) is 5.56 Å². The third-order valence-electron chi connectivity index (χ3n) is 3.75. The van der Waals surface area contributed by atoms with E-state index in [1.165, 1.54) is 6.07 Å². The molecule has 0 saturated heterocycles. The first kappa shape index (κ1) is 15.9. The van der Waals surface area contributed by atoms with Gasteiger partial charge in [-0.05, 0) is 29.5 Å². The second-order valence-corrected chi connectivity index (χ2v) is 5.54. The highest BCUT2D eigenvalue weighted by Gasteiger charge is 2.20. The second kappa shape index (κ2) is 6.52. The van der Waals surface area contributed by atoms with Gasteiger partial charge in [0.05, 0.1) is 5.38 Å². The fraction of sp³-hybridized carbons (Fsp3) is 0.294. The highest BCUT2D eigenvalue weighted by atomic mass is 35.5. The van der Waals surface area contributed by atoms with E-state index >= 15 is 0 Å². The molecule has 0 aliphatic rings. The first-order chi connectivity index (χ1) is 9.95. The lowest BCUT2D eigenvalue weighted by molar-refractivity contribution is 0.441. The van der Waals surface area contributed by atoms with Gasteiger partial charge in [0.1, 0.15) is 0 Å². The summed E-state index contributed by atoms with van der Waals surface area (Å²) in [6.07, 6.45) is 1.02. The van der Waals surface area contributed by atoms with Crippen LogP contribution >= 0.6 is 11.6 Å². The minimum absolute atomic E-state index is 0.0631. The minimum Gasteiger partial charge on any atom is -0.204 e. The molecular weight excluding hydrogens is 297 g/mol. The van der Waals surface area contributed by atoms with Gasteiger partial charge < -0.3 is 0 Å². The number of alkyl halides is 1. The van der Waals surface area contributed by atoms with Crippen LogP contribution in [0, 0.1) is 17.5 Å². The molecule has 112 valence electrons. The Labute approximate surface area is 127 Å². The molecular formula is C17H16ClF3. The summed E-state index contributed by atoms with van der Waals surface area (Å²) in [6, 6.07) is 9.50. The van der Waals surface area contributed by atoms with Crippen LogP contribution in [0.3, 0.4) is 0 Å². The summed E-state index contributed by atoms with van der Waals surface area (Å²) < 4.78 is 40.0. The molecule has 2 unspecified atom stereocenters. The van der Waals surface area contributed by atoms with Crippen molar-refractivity contribution in [1.82, 2.24) is 0 Å². The fourth-order valence-corrected chi connectivity index (χ4v) is 2.46. The van der Waals surface area contributed by atoms with Crippen molar-refractivity contribution in [2.45, 2.75) is 31.6 Å². The maximum absolute atomic E-state index is 13.8. The average molecular weight is 313 g/mol. The lowest BCUT2D eigenvalue weighted by Crippen LogP contribution is -2.02. The van der Waals surface area contributed by atoms with Crippen molar-refractivity contribution in [2.75, 3.05) is 0 Å². The Morgan fingerprint density at radius 1 is 0.905 bits per heavy atom. The van der Waals surface area contributed by atoms with Crippen molar-refractivity contribution in [3.05, 3.63) is 70.5 Å². The summed E-state index contributed by atoms with van der Waals surface area (Å²) >= 11 is 6.20. The zero-order chi connectivity index (χ0) is 15.6. The van der Waals surface area contributed by atoms with Crippen LogP contribution in [0.2, 0.25) is 0 Å². The second-order valence-electron chi connectivity index (χ2n) is 5.10. The average Bonchev–Trinajstić information content (AvgIpc) is 2.51. The quantitative estimate of drug-likeness (QED) is 0.483. The molecule has 0 aliphatic heterocycles. The minimum atomic E-state index is -1.49. The number of halogens is 4. The van der Waals surface area contributed by atoms with Gasteiger partial charge in [0.15, 0.2) is 17.5 Å². The fourth-order valence-electron chi connectivity index (χ4n) is 2.15. The molecule has 21 heavy (non-hydrogen) atoms. The largest absolute Gasteiger partial charge is 0.204 e. The van der Waals surface area contributed by atoms with Crippen LogP contribution in [0.4, 0.5) is 13.2 Å². The van der Waals surface area contributed by atoms with Gasteiger partial charge in [-0.2, -0.15) is 0 Å². The molecule has 0 saturated carbocycles. The van der Waals surface area contributed by atoms with Crippen LogP contribution in [0.25, 0.3) is 0 Å². The van der Waals surface area contributed by atoms with E-state index in [0.717, 1.165) is 18.1 Å². The van der Waals surface area contributed by atoms with Gasteiger partial charge in [-0.25, -0.2) is 13.2 Å². The van der Waals surface area contributed by atoms with E-state index in [9.17, 15) is 13.2 Å². The van der Waals surface area contributed by atoms with Gasteiger partial charge >= 0.3 is 0 Å². The van der Waals surface area contributed by atoms with Crippen LogP contribution in [-0.4, -0.2) is 0 Å². The van der Waals surface area contributed by atoms with Crippen LogP contribution < -0.4 is 0 Å². The maximum atomic E-state index is 13.8. The van der Waals surface area contributed by atoms with Crippen LogP contribution in [-0.2, 0) is 0 Å². The van der Waals surface area contributed by atoms with Crippen molar-refractivity contribution < 1.29 is 13.2 Å². The Kier molecular flexibility index (Phi) is 4.94. The molecule has 2 aromatic carbocycles. The van der Waals surface area contributed by atoms with E-state index in [0.29, 0.717) is 11.5 Å². The zero-order valence-corrected chi connectivity index (χ0v) is 12.6. The van der Waals surface area contributed by atoms with Crippen molar-refractivity contribution in [1.29, 1.82) is 0 Å². The number of benzene rings is 2. The van der Waals surface area contributed by atoms with Crippen LogP contribution in [0.1, 0.15) is 48.3 Å². The third-order valence-corrected chi connectivity index (χ3v) is 4.24. The highest BCUT2D eigenvalue weighted by molar-refractivity contribution is 6.22. The Morgan fingerprint density at radius 2 is 1.48 bits per heavy atom. The molecule has 0 aliphatic carbocycles. The van der Waals surface area contributed by atoms with Gasteiger partial charge in [0, 0.05) is 5.56 Å². The normalized spacial score (nSPS) is 14.0. The third kappa shape index (κ3) is 3.24. The molecule has 0 radical (unpaired) electrons. The monoisotopic (exact) mass is 312 g/mol. The summed E-state index contributed by atoms with van der Waals surface area (Å²) in [5.41, 5.74) is 1.75. The molecule has 4 heteroatoms. The molecule has 0 bridgehead atoms. The van der Waals surface area contributed by atoms with E-state index in [1.807, 2.05) is 12.1 Å². The molecule has 0 spiro atoms. The first-order valence-corrected chi connectivity index (χ1v) is 7.26. The molecule has 2 atom stereocenters. The van der Waals surface area contributed by atoms with E-state index in [2.05, 4.69) is 13.8 Å². The molecule has 0 aromatic heterocycles. The summed E-state index contributed by atoms with van der Waals surface area (Å²) in [6.45, 7) is 4.21. The first-order valence-electron chi connectivity index (χ1n) is 6.83. The Morgan fingerprint density at radius 3 is 2.05 bits per heavy atom. The smallest absolute Gasteiger partial charge is 0.194 e. The highest BCUT2D eigenvalue weighted by Crippen LogP contribution is 2.33. The molecule has 0 nitrogen and oxygen atoms in total. The topological polar surface area (TPSA) is 0 Å². The predicted molar refractivity (Wildman–Crippen MR) is 79.2 cm³/mol. The van der Waals surface area contributed by atoms with E-state index in [1.54, 1.807) is 12.1 Å².